The van der Waals surface area contributed by atoms with E-state index < -0.39 is 0 Å². The minimum absolute atomic E-state index is 0.0235. The number of amides is 1. The molecule has 6 heteroatoms. The number of aryl methyl sites for hydroxylation is 2. The van der Waals surface area contributed by atoms with Crippen molar-refractivity contribution in [2.24, 2.45) is 11.7 Å². The lowest BCUT2D eigenvalue weighted by atomic mass is 9.96. The van der Waals surface area contributed by atoms with Crippen LogP contribution in [-0.4, -0.2) is 40.0 Å². The van der Waals surface area contributed by atoms with Gasteiger partial charge in [-0.3, -0.25) is 14.2 Å². The maximum absolute atomic E-state index is 13.5. The van der Waals surface area contributed by atoms with Crippen molar-refractivity contribution in [3.8, 4) is 0 Å². The van der Waals surface area contributed by atoms with E-state index in [0.717, 1.165) is 60.3 Å². The Morgan fingerprint density at radius 1 is 1.08 bits per heavy atom. The van der Waals surface area contributed by atoms with Gasteiger partial charge in [-0.25, -0.2) is 4.98 Å². The van der Waals surface area contributed by atoms with Gasteiger partial charge in [-0.15, -0.1) is 0 Å². The Kier molecular flexibility index (Phi) is 8.70. The lowest BCUT2D eigenvalue weighted by Gasteiger charge is -2.27. The maximum atomic E-state index is 13.5. The van der Waals surface area contributed by atoms with Gasteiger partial charge in [0, 0.05) is 30.6 Å². The Morgan fingerprint density at radius 3 is 2.53 bits per heavy atom. The van der Waals surface area contributed by atoms with Gasteiger partial charge in [0.1, 0.15) is 5.82 Å². The number of hydrogen-bond acceptors (Lipinski definition) is 4. The average Bonchev–Trinajstić information content (AvgIpc) is 2.89. The van der Waals surface area contributed by atoms with E-state index in [1.54, 1.807) is 0 Å². The van der Waals surface area contributed by atoms with Gasteiger partial charge in [-0.1, -0.05) is 55.0 Å². The number of nitrogens with zero attached hydrogens (tertiary/aromatic N) is 3. The zero-order valence-corrected chi connectivity index (χ0v) is 21.6. The third kappa shape index (κ3) is 6.30. The van der Waals surface area contributed by atoms with Crippen LogP contribution in [0, 0.1) is 12.8 Å². The molecule has 1 atom stereocenters. The van der Waals surface area contributed by atoms with Gasteiger partial charge in [0.25, 0.3) is 11.5 Å². The molecule has 2 N–H and O–H groups in total. The van der Waals surface area contributed by atoms with Crippen LogP contribution in [-0.2, 0) is 25.8 Å². The van der Waals surface area contributed by atoms with Crippen molar-refractivity contribution >= 4 is 5.91 Å². The summed E-state index contributed by atoms with van der Waals surface area (Å²) in [5.41, 5.74) is 10.6. The molecular formula is C30H38N4O2. The Hall–Kier alpha value is -3.25. The predicted octanol–water partition coefficient (Wildman–Crippen LogP) is 4.15. The third-order valence-electron chi connectivity index (χ3n) is 6.98. The summed E-state index contributed by atoms with van der Waals surface area (Å²) in [4.78, 5) is 33.8. The molecule has 3 aromatic rings. The number of nitrogens with two attached hydrogens (primary N) is 1. The molecule has 1 amide bonds. The fraction of sp³-hybridized carbons (Fsp3) is 0.433. The third-order valence-corrected chi connectivity index (χ3v) is 6.98. The van der Waals surface area contributed by atoms with E-state index in [9.17, 15) is 9.59 Å². The van der Waals surface area contributed by atoms with Crippen LogP contribution >= 0.6 is 0 Å². The number of aromatic nitrogens is 2. The van der Waals surface area contributed by atoms with Crippen molar-refractivity contribution in [2.75, 3.05) is 19.6 Å². The first-order valence-corrected chi connectivity index (χ1v) is 13.2. The predicted molar refractivity (Wildman–Crippen MR) is 144 cm³/mol. The number of fused-ring (bicyclic) bond motifs is 1. The van der Waals surface area contributed by atoms with Crippen LogP contribution in [0.4, 0.5) is 0 Å². The molecule has 0 spiro atoms. The van der Waals surface area contributed by atoms with E-state index in [0.29, 0.717) is 38.2 Å². The van der Waals surface area contributed by atoms with Crippen LogP contribution in [0.5, 0.6) is 0 Å². The van der Waals surface area contributed by atoms with Crippen LogP contribution < -0.4 is 11.3 Å². The summed E-state index contributed by atoms with van der Waals surface area (Å²) in [6.07, 6.45) is 5.18. The number of hydrogen-bond donors (Lipinski definition) is 1. The molecule has 0 saturated carbocycles. The summed E-state index contributed by atoms with van der Waals surface area (Å²) in [6, 6.07) is 17.8. The molecule has 36 heavy (non-hydrogen) atoms. The molecule has 2 aromatic carbocycles. The van der Waals surface area contributed by atoms with Crippen molar-refractivity contribution < 1.29 is 4.79 Å². The van der Waals surface area contributed by atoms with Gasteiger partial charge in [-0.05, 0) is 69.2 Å². The Bertz CT molecular complexity index is 1220. The van der Waals surface area contributed by atoms with Crippen LogP contribution in [0.2, 0.25) is 0 Å². The SMILES string of the molecule is Cc1ccc(C(=O)N(CCCN)CC(C)Cc2nc3c(c(=O)n2Cc2ccccc2)CCCC3)cc1. The van der Waals surface area contributed by atoms with Gasteiger partial charge in [0.15, 0.2) is 0 Å². The van der Waals surface area contributed by atoms with Crippen molar-refractivity contribution in [3.63, 3.8) is 0 Å². The topological polar surface area (TPSA) is 81.2 Å². The standard InChI is InChI=1S/C30H38N4O2/c1-22-13-15-25(16-14-22)29(35)33(18-8-17-31)20-23(2)19-28-32-27-12-7-6-11-26(27)30(36)34(28)21-24-9-4-3-5-10-24/h3-5,9-10,13-16,23H,6-8,11-12,17-21,31H2,1-2H3. The molecule has 1 aliphatic rings. The summed E-state index contributed by atoms with van der Waals surface area (Å²) in [5, 5.41) is 0. The molecule has 1 aliphatic carbocycles. The van der Waals surface area contributed by atoms with E-state index in [1.165, 1.54) is 0 Å². The fourth-order valence-electron chi connectivity index (χ4n) is 5.01. The molecule has 0 aliphatic heterocycles. The van der Waals surface area contributed by atoms with Gasteiger partial charge >= 0.3 is 0 Å². The Balaban J connectivity index is 1.58. The molecule has 0 fully saturated rings. The first-order valence-electron chi connectivity index (χ1n) is 13.2. The van der Waals surface area contributed by atoms with Gasteiger partial charge in [0.2, 0.25) is 0 Å². The first kappa shape index (κ1) is 25.8. The molecule has 0 saturated heterocycles. The normalized spacial score (nSPS) is 13.8. The van der Waals surface area contributed by atoms with E-state index >= 15 is 0 Å². The quantitative estimate of drug-likeness (QED) is 0.467. The summed E-state index contributed by atoms with van der Waals surface area (Å²) in [6.45, 7) is 6.41. The minimum Gasteiger partial charge on any atom is -0.338 e. The summed E-state index contributed by atoms with van der Waals surface area (Å²) < 4.78 is 1.86. The van der Waals surface area contributed by atoms with E-state index in [2.05, 4.69) is 6.92 Å². The highest BCUT2D eigenvalue weighted by Gasteiger charge is 2.23. The molecule has 4 rings (SSSR count). The summed E-state index contributed by atoms with van der Waals surface area (Å²) >= 11 is 0. The number of rotatable bonds is 10. The Labute approximate surface area is 214 Å². The maximum Gasteiger partial charge on any atom is 0.257 e. The van der Waals surface area contributed by atoms with Crippen molar-refractivity contribution in [2.45, 2.75) is 58.9 Å². The second kappa shape index (κ2) is 12.1. The smallest absolute Gasteiger partial charge is 0.257 e. The van der Waals surface area contributed by atoms with Gasteiger partial charge < -0.3 is 10.6 Å². The van der Waals surface area contributed by atoms with Crippen LogP contribution in [0.1, 0.15) is 64.8 Å². The summed E-state index contributed by atoms with van der Waals surface area (Å²) in [5.74, 6) is 0.974. The van der Waals surface area contributed by atoms with Crippen LogP contribution in [0.25, 0.3) is 0 Å². The molecule has 0 radical (unpaired) electrons. The van der Waals surface area contributed by atoms with Crippen molar-refractivity contribution in [3.05, 3.63) is 98.7 Å². The average molecular weight is 487 g/mol. The largest absolute Gasteiger partial charge is 0.338 e. The molecule has 6 nitrogen and oxygen atoms in total. The second-order valence-corrected chi connectivity index (χ2v) is 10.1. The zero-order valence-electron chi connectivity index (χ0n) is 21.6. The second-order valence-electron chi connectivity index (χ2n) is 10.1. The monoisotopic (exact) mass is 486 g/mol. The molecule has 0 bridgehead atoms. The lowest BCUT2D eigenvalue weighted by Crippen LogP contribution is -2.38. The molecule has 190 valence electrons. The van der Waals surface area contributed by atoms with Gasteiger partial charge in [-0.2, -0.15) is 0 Å². The molecule has 1 heterocycles. The van der Waals surface area contributed by atoms with E-state index in [1.807, 2.05) is 71.0 Å². The van der Waals surface area contributed by atoms with E-state index in [-0.39, 0.29) is 17.4 Å². The molecular weight excluding hydrogens is 448 g/mol. The molecule has 1 aromatic heterocycles. The number of carbonyl (C=O) groups excluding carboxylic acids is 1. The Morgan fingerprint density at radius 2 is 1.81 bits per heavy atom. The fourth-order valence-corrected chi connectivity index (χ4v) is 5.01. The van der Waals surface area contributed by atoms with Gasteiger partial charge in [0.05, 0.1) is 12.2 Å². The lowest BCUT2D eigenvalue weighted by molar-refractivity contribution is 0.0730. The highest BCUT2D eigenvalue weighted by Crippen LogP contribution is 2.19. The summed E-state index contributed by atoms with van der Waals surface area (Å²) in [7, 11) is 0. The number of benzene rings is 2. The highest BCUT2D eigenvalue weighted by atomic mass is 16.2. The molecule has 1 unspecified atom stereocenters. The van der Waals surface area contributed by atoms with E-state index in [4.69, 9.17) is 10.7 Å². The first-order chi connectivity index (χ1) is 17.5. The highest BCUT2D eigenvalue weighted by molar-refractivity contribution is 5.94. The number of carbonyl (C=O) groups is 1. The van der Waals surface area contributed by atoms with Crippen LogP contribution in [0.3, 0.4) is 0 Å². The van der Waals surface area contributed by atoms with Crippen LogP contribution in [0.15, 0.2) is 59.4 Å². The minimum atomic E-state index is 0.0235. The van der Waals surface area contributed by atoms with Crippen molar-refractivity contribution in [1.29, 1.82) is 0 Å². The van der Waals surface area contributed by atoms with Crippen molar-refractivity contribution in [1.82, 2.24) is 14.5 Å². The zero-order chi connectivity index (χ0) is 25.5.